The number of carbonyl (C=O) groups excluding carboxylic acids is 2. The lowest BCUT2D eigenvalue weighted by atomic mass is 9.96. The molecule has 4 fully saturated rings. The Labute approximate surface area is 489 Å². The van der Waals surface area contributed by atoms with Gasteiger partial charge in [0.2, 0.25) is 0 Å². The molecule has 4 heterocycles. The van der Waals surface area contributed by atoms with Crippen molar-refractivity contribution in [3.8, 4) is 0 Å². The van der Waals surface area contributed by atoms with E-state index >= 15 is 0 Å². The van der Waals surface area contributed by atoms with Crippen molar-refractivity contribution in [1.82, 2.24) is 10.6 Å². The summed E-state index contributed by atoms with van der Waals surface area (Å²) in [6.45, 7) is -4.78. The first-order valence-electron chi connectivity index (χ1n) is 28.7. The van der Waals surface area contributed by atoms with E-state index < -0.39 is 229 Å². The maximum atomic E-state index is 13.5. The van der Waals surface area contributed by atoms with Gasteiger partial charge in [-0.3, -0.25) is 9.59 Å². The number of carbonyl (C=O) groups is 2. The zero-order chi connectivity index (χ0) is 63.4. The average Bonchev–Trinajstić information content (AvgIpc) is 3.69. The van der Waals surface area contributed by atoms with E-state index in [1.807, 2.05) is 0 Å². The maximum Gasteiger partial charge on any atom is 0.251 e. The van der Waals surface area contributed by atoms with Crippen molar-refractivity contribution in [2.45, 2.75) is 249 Å². The van der Waals surface area contributed by atoms with E-state index in [0.29, 0.717) is 12.8 Å². The molecular formula is C51H94N2O32. The van der Waals surface area contributed by atoms with Crippen LogP contribution in [0.25, 0.3) is 0 Å². The molecule has 0 spiro atoms. The van der Waals surface area contributed by atoms with Crippen LogP contribution in [0.1, 0.15) is 77.6 Å². The van der Waals surface area contributed by atoms with Crippen molar-refractivity contribution in [3.63, 3.8) is 0 Å². The highest BCUT2D eigenvalue weighted by molar-refractivity contribution is 5.82. The lowest BCUT2D eigenvalue weighted by Gasteiger charge is -2.46. The van der Waals surface area contributed by atoms with Crippen LogP contribution in [0.4, 0.5) is 0 Å². The zero-order valence-electron chi connectivity index (χ0n) is 47.1. The molecule has 34 heteroatoms. The van der Waals surface area contributed by atoms with Crippen LogP contribution < -0.4 is 10.6 Å². The minimum Gasteiger partial charge on any atom is -0.394 e. The molecule has 0 aromatic carbocycles. The van der Waals surface area contributed by atoms with Crippen LogP contribution in [0.2, 0.25) is 0 Å². The van der Waals surface area contributed by atoms with Gasteiger partial charge in [-0.25, -0.2) is 0 Å². The normalized spacial score (nSPS) is 36.7. The predicted molar refractivity (Wildman–Crippen MR) is 279 cm³/mol. The molecule has 28 atom stereocenters. The first kappa shape index (κ1) is 75.2. The first-order chi connectivity index (χ1) is 40.4. The molecule has 0 aliphatic carbocycles. The van der Waals surface area contributed by atoms with E-state index in [2.05, 4.69) is 17.6 Å². The molecule has 0 bridgehead atoms. The largest absolute Gasteiger partial charge is 0.394 e. The highest BCUT2D eigenvalue weighted by Gasteiger charge is 2.54. The second-order valence-corrected chi connectivity index (χ2v) is 21.9. The van der Waals surface area contributed by atoms with Gasteiger partial charge in [0, 0.05) is 13.1 Å². The molecule has 0 aromatic rings. The van der Waals surface area contributed by atoms with Crippen molar-refractivity contribution in [3.05, 3.63) is 0 Å². The van der Waals surface area contributed by atoms with Gasteiger partial charge in [-0.15, -0.1) is 0 Å². The van der Waals surface area contributed by atoms with Gasteiger partial charge in [0.15, 0.2) is 37.4 Å². The third kappa shape index (κ3) is 20.4. The number of nitrogens with one attached hydrogen (secondary N) is 2. The van der Waals surface area contributed by atoms with Gasteiger partial charge in [0.25, 0.3) is 11.8 Å². The Morgan fingerprint density at radius 2 is 0.729 bits per heavy atom. The summed E-state index contributed by atoms with van der Waals surface area (Å²) in [5, 5.41) is 236. The standard InChI is InChI=1S/C51H94N2O32/c1-2-3-4-5-6-7-8-9-10-11-12-21(13-52-46(76)36(70)32(66)42(22(60)15-54)82-50-40(74)34(68)44(26(19-58)80-50)84-48-38(72)30(64)28(62)24(17-56)78-48)14-53-47(77)37(71)33(67)43(23(61)16-55)83-51-41(75)35(69)45(27(20-59)81-51)85-49-39(73)31(65)29(63)25(18-57)79-49/h21-45,48-51,54-75H,2-20H2,1H3,(H,52,76)(H,53,77)/t22-,23-,24-,25-,26-,27-,28-,29-,30+,31+,32-,33-,34-,35-,36-,37-,38-,39-,40-,41-,42-,43-,44-,45-,48-,49-,50-,51-/m1/s1. The quantitative estimate of drug-likeness (QED) is 0.0257. The molecule has 0 radical (unpaired) electrons. The number of unbranched alkanes of at least 4 members (excludes halogenated alkanes) is 9. The molecule has 2 amide bonds. The lowest BCUT2D eigenvalue weighted by molar-refractivity contribution is -0.367. The SMILES string of the molecule is CCCCCCCCCCCCC(CNC(=O)[C@H](O)[C@@H](O)[C@H](O[C@H]1O[C@H](CO)[C@@H](O[C@H]2O[C@H](CO)[C@@H](O)[C@H](O)[C@H]2O)[C@H](O)[C@H]1O)[C@H](O)CO)CNC(=O)[C@H](O)[C@@H](O)[C@H](O[C@H]1O[C@H](CO)[C@@H](O[C@H]2O[C@H](CO)[C@@H](O)[C@H](O)[C@H]2O)[C@H](O)[C@H]1O)[C@H](O)CO. The third-order valence-electron chi connectivity index (χ3n) is 15.6. The van der Waals surface area contributed by atoms with E-state index in [-0.39, 0.29) is 19.5 Å². The number of aliphatic hydroxyl groups excluding tert-OH is 22. The van der Waals surface area contributed by atoms with Gasteiger partial charge < -0.3 is 161 Å². The molecule has 34 nitrogen and oxygen atoms in total. The van der Waals surface area contributed by atoms with E-state index in [0.717, 1.165) is 51.4 Å². The molecular weight excluding hydrogens is 1150 g/mol. The molecule has 500 valence electrons. The van der Waals surface area contributed by atoms with Crippen molar-refractivity contribution < 1.29 is 160 Å². The van der Waals surface area contributed by atoms with Crippen molar-refractivity contribution in [2.24, 2.45) is 5.92 Å². The summed E-state index contributed by atoms with van der Waals surface area (Å²) in [7, 11) is 0. The monoisotopic (exact) mass is 1250 g/mol. The van der Waals surface area contributed by atoms with Crippen molar-refractivity contribution >= 4 is 11.8 Å². The number of aliphatic hydroxyl groups is 22. The number of rotatable bonds is 37. The Hall–Kier alpha value is -2.26. The number of hydrogen-bond donors (Lipinski definition) is 24. The minimum atomic E-state index is -2.51. The topological polar surface area (TPSA) is 577 Å². The predicted octanol–water partition coefficient (Wildman–Crippen LogP) is -11.7. The summed E-state index contributed by atoms with van der Waals surface area (Å²) in [6, 6.07) is 0. The van der Waals surface area contributed by atoms with Crippen LogP contribution >= 0.6 is 0 Å². The molecule has 0 aromatic heterocycles. The fourth-order valence-electron chi connectivity index (χ4n) is 10.2. The summed E-state index contributed by atoms with van der Waals surface area (Å²) in [4.78, 5) is 27.0. The molecule has 4 aliphatic heterocycles. The van der Waals surface area contributed by atoms with Crippen LogP contribution in [0, 0.1) is 5.92 Å². The first-order valence-corrected chi connectivity index (χ1v) is 28.7. The summed E-state index contributed by atoms with van der Waals surface area (Å²) < 4.78 is 43.7. The van der Waals surface area contributed by atoms with E-state index in [1.54, 1.807) is 0 Å². The van der Waals surface area contributed by atoms with Crippen molar-refractivity contribution in [1.29, 1.82) is 0 Å². The van der Waals surface area contributed by atoms with Gasteiger partial charge in [0.1, 0.15) is 134 Å². The number of ether oxygens (including phenoxy) is 8. The Morgan fingerprint density at radius 3 is 1.06 bits per heavy atom. The molecule has 0 unspecified atom stereocenters. The third-order valence-corrected chi connectivity index (χ3v) is 15.6. The summed E-state index contributed by atoms with van der Waals surface area (Å²) in [6.07, 6.45) is -47.0. The van der Waals surface area contributed by atoms with Gasteiger partial charge >= 0.3 is 0 Å². The van der Waals surface area contributed by atoms with E-state index in [9.17, 15) is 122 Å². The molecule has 24 N–H and O–H groups in total. The Kier molecular flexibility index (Phi) is 32.9. The highest BCUT2D eigenvalue weighted by Crippen LogP contribution is 2.33. The zero-order valence-corrected chi connectivity index (χ0v) is 47.1. The molecule has 4 aliphatic rings. The summed E-state index contributed by atoms with van der Waals surface area (Å²) in [5.74, 6) is -3.39. The number of amides is 2. The van der Waals surface area contributed by atoms with Gasteiger partial charge in [-0.2, -0.15) is 0 Å². The van der Waals surface area contributed by atoms with Crippen LogP contribution in [0.5, 0.6) is 0 Å². The van der Waals surface area contributed by atoms with Crippen LogP contribution in [0.3, 0.4) is 0 Å². The van der Waals surface area contributed by atoms with Gasteiger partial charge in [0.05, 0.1) is 39.6 Å². The smallest absolute Gasteiger partial charge is 0.251 e. The second-order valence-electron chi connectivity index (χ2n) is 21.9. The minimum absolute atomic E-state index is 0.261. The average molecular weight is 1250 g/mol. The van der Waals surface area contributed by atoms with E-state index in [4.69, 9.17) is 37.9 Å². The fourth-order valence-corrected chi connectivity index (χ4v) is 10.2. The molecule has 4 saturated heterocycles. The van der Waals surface area contributed by atoms with Crippen LogP contribution in [-0.2, 0) is 47.5 Å². The Balaban J connectivity index is 1.42. The van der Waals surface area contributed by atoms with E-state index in [1.165, 1.54) is 0 Å². The highest BCUT2D eigenvalue weighted by atomic mass is 16.8. The molecule has 85 heavy (non-hydrogen) atoms. The Bertz CT molecular complexity index is 1750. The molecule has 4 rings (SSSR count). The summed E-state index contributed by atoms with van der Waals surface area (Å²) in [5.41, 5.74) is 0. The van der Waals surface area contributed by atoms with Gasteiger partial charge in [-0.1, -0.05) is 71.1 Å². The van der Waals surface area contributed by atoms with Crippen molar-refractivity contribution in [2.75, 3.05) is 52.7 Å². The number of hydrogen-bond acceptors (Lipinski definition) is 32. The Morgan fingerprint density at radius 1 is 0.412 bits per heavy atom. The fraction of sp³-hybridized carbons (Fsp3) is 0.961. The lowest BCUT2D eigenvalue weighted by Crippen LogP contribution is -2.65. The van der Waals surface area contributed by atoms with Gasteiger partial charge in [-0.05, 0) is 12.3 Å². The van der Waals surface area contributed by atoms with Crippen LogP contribution in [-0.4, -0.2) is 349 Å². The second kappa shape index (κ2) is 37.2. The van der Waals surface area contributed by atoms with Crippen LogP contribution in [0.15, 0.2) is 0 Å². The molecule has 0 saturated carbocycles. The maximum absolute atomic E-state index is 13.5. The summed E-state index contributed by atoms with van der Waals surface area (Å²) >= 11 is 0.